The van der Waals surface area contributed by atoms with Crippen LogP contribution < -0.4 is 5.73 Å². The molecule has 2 heteroatoms. The fourth-order valence-corrected chi connectivity index (χ4v) is 1.03. The Morgan fingerprint density at radius 1 is 1.27 bits per heavy atom. The zero-order valence-electron chi connectivity index (χ0n) is 6.92. The van der Waals surface area contributed by atoms with Crippen LogP contribution in [0.25, 0.3) is 0 Å². The van der Waals surface area contributed by atoms with E-state index in [0.717, 1.165) is 0 Å². The average Bonchev–Trinajstić information content (AvgIpc) is 1.95. The van der Waals surface area contributed by atoms with Gasteiger partial charge >= 0.3 is 0 Å². The molecule has 0 unspecified atom stereocenters. The molecular weight excluding hydrogens is 158 g/mol. The second kappa shape index (κ2) is 4.37. The van der Waals surface area contributed by atoms with Gasteiger partial charge in [0.05, 0.1) is 0 Å². The first kappa shape index (κ1) is 10.5. The first-order valence-electron chi connectivity index (χ1n) is 3.51. The number of hydrogen-bond donors (Lipinski definition) is 1. The minimum absolute atomic E-state index is 0. The smallest absolute Gasteiger partial charge is 0.0180 e. The zero-order chi connectivity index (χ0) is 7.56. The van der Waals surface area contributed by atoms with Gasteiger partial charge in [-0.1, -0.05) is 18.2 Å². The fraction of sp³-hybridized carbons (Fsp3) is 0.333. The molecule has 62 valence electrons. The zero-order valence-corrected chi connectivity index (χ0v) is 7.74. The van der Waals surface area contributed by atoms with Crippen LogP contribution in [0, 0.1) is 13.8 Å². The van der Waals surface area contributed by atoms with E-state index in [2.05, 4.69) is 26.0 Å². The summed E-state index contributed by atoms with van der Waals surface area (Å²) < 4.78 is 0. The number of hydrogen-bond acceptors (Lipinski definition) is 1. The maximum absolute atomic E-state index is 5.52. The Hall–Kier alpha value is -0.530. The van der Waals surface area contributed by atoms with Crippen molar-refractivity contribution in [3.8, 4) is 0 Å². The van der Waals surface area contributed by atoms with E-state index in [9.17, 15) is 0 Å². The molecule has 0 radical (unpaired) electrons. The molecule has 0 spiro atoms. The first-order chi connectivity index (χ1) is 4.75. The van der Waals surface area contributed by atoms with Gasteiger partial charge in [0.1, 0.15) is 0 Å². The van der Waals surface area contributed by atoms with Gasteiger partial charge in [-0.3, -0.25) is 0 Å². The van der Waals surface area contributed by atoms with Crippen molar-refractivity contribution in [1.29, 1.82) is 0 Å². The van der Waals surface area contributed by atoms with Gasteiger partial charge in [0.2, 0.25) is 0 Å². The normalized spacial score (nSPS) is 9.00. The van der Waals surface area contributed by atoms with Crippen molar-refractivity contribution in [2.45, 2.75) is 20.4 Å². The van der Waals surface area contributed by atoms with Gasteiger partial charge in [-0.05, 0) is 30.5 Å². The topological polar surface area (TPSA) is 26.0 Å². The van der Waals surface area contributed by atoms with Crippen molar-refractivity contribution < 1.29 is 0 Å². The standard InChI is InChI=1S/C9H13N.ClH/c1-7-4-3-5-9(6-10)8(7)2;/h3-5H,6,10H2,1-2H3;1H. The van der Waals surface area contributed by atoms with Crippen molar-refractivity contribution in [2.75, 3.05) is 0 Å². The summed E-state index contributed by atoms with van der Waals surface area (Å²) in [5.74, 6) is 0. The molecule has 0 saturated carbocycles. The summed E-state index contributed by atoms with van der Waals surface area (Å²) in [5.41, 5.74) is 9.42. The first-order valence-corrected chi connectivity index (χ1v) is 3.51. The molecule has 0 saturated heterocycles. The summed E-state index contributed by atoms with van der Waals surface area (Å²) in [6, 6.07) is 6.22. The molecule has 0 atom stereocenters. The maximum atomic E-state index is 5.52. The highest BCUT2D eigenvalue weighted by molar-refractivity contribution is 5.85. The van der Waals surface area contributed by atoms with Crippen LogP contribution in [0.4, 0.5) is 0 Å². The summed E-state index contributed by atoms with van der Waals surface area (Å²) in [6.45, 7) is 4.86. The highest BCUT2D eigenvalue weighted by Crippen LogP contribution is 2.10. The van der Waals surface area contributed by atoms with Crippen molar-refractivity contribution >= 4 is 12.4 Å². The summed E-state index contributed by atoms with van der Waals surface area (Å²) >= 11 is 0. The minimum atomic E-state index is 0. The van der Waals surface area contributed by atoms with Crippen LogP contribution in [-0.4, -0.2) is 0 Å². The van der Waals surface area contributed by atoms with Gasteiger partial charge in [-0.25, -0.2) is 0 Å². The van der Waals surface area contributed by atoms with Crippen LogP contribution in [0.1, 0.15) is 16.7 Å². The lowest BCUT2D eigenvalue weighted by molar-refractivity contribution is 1.04. The highest BCUT2D eigenvalue weighted by Gasteiger charge is 1.95. The molecule has 0 aliphatic carbocycles. The molecule has 0 heterocycles. The maximum Gasteiger partial charge on any atom is 0.0180 e. The van der Waals surface area contributed by atoms with E-state index in [-0.39, 0.29) is 12.4 Å². The fourth-order valence-electron chi connectivity index (χ4n) is 1.03. The number of benzene rings is 1. The lowest BCUT2D eigenvalue weighted by Gasteiger charge is -2.04. The predicted molar refractivity (Wildman–Crippen MR) is 51.1 cm³/mol. The molecule has 1 nitrogen and oxygen atoms in total. The van der Waals surface area contributed by atoms with Crippen molar-refractivity contribution in [2.24, 2.45) is 5.73 Å². The van der Waals surface area contributed by atoms with E-state index in [0.29, 0.717) is 6.54 Å². The van der Waals surface area contributed by atoms with E-state index >= 15 is 0 Å². The largest absolute Gasteiger partial charge is 0.326 e. The molecule has 0 aromatic heterocycles. The lowest BCUT2D eigenvalue weighted by atomic mass is 10.0. The van der Waals surface area contributed by atoms with Gasteiger partial charge in [0.25, 0.3) is 0 Å². The number of aryl methyl sites for hydroxylation is 1. The van der Waals surface area contributed by atoms with Crippen LogP contribution >= 0.6 is 12.4 Å². The van der Waals surface area contributed by atoms with E-state index < -0.39 is 0 Å². The van der Waals surface area contributed by atoms with Gasteiger partial charge < -0.3 is 5.73 Å². The molecule has 11 heavy (non-hydrogen) atoms. The van der Waals surface area contributed by atoms with E-state index in [4.69, 9.17) is 5.73 Å². The van der Waals surface area contributed by atoms with Crippen LogP contribution in [0.2, 0.25) is 0 Å². The summed E-state index contributed by atoms with van der Waals surface area (Å²) in [7, 11) is 0. The Morgan fingerprint density at radius 2 is 1.91 bits per heavy atom. The van der Waals surface area contributed by atoms with E-state index in [1.54, 1.807) is 0 Å². The molecule has 0 fully saturated rings. The Morgan fingerprint density at radius 3 is 2.36 bits per heavy atom. The Labute approximate surface area is 74.0 Å². The monoisotopic (exact) mass is 171 g/mol. The third-order valence-electron chi connectivity index (χ3n) is 1.94. The predicted octanol–water partition coefficient (Wildman–Crippen LogP) is 2.18. The molecule has 1 aromatic carbocycles. The van der Waals surface area contributed by atoms with Gasteiger partial charge in [0, 0.05) is 6.54 Å². The third-order valence-corrected chi connectivity index (χ3v) is 1.94. The van der Waals surface area contributed by atoms with Gasteiger partial charge in [-0.15, -0.1) is 12.4 Å². The Kier molecular flexibility index (Phi) is 4.16. The number of halogens is 1. The Bertz CT molecular complexity index is 233. The third kappa shape index (κ3) is 2.21. The SMILES string of the molecule is Cc1cccc(CN)c1C.Cl. The van der Waals surface area contributed by atoms with Crippen LogP contribution in [0.3, 0.4) is 0 Å². The lowest BCUT2D eigenvalue weighted by Crippen LogP contribution is -1.99. The summed E-state index contributed by atoms with van der Waals surface area (Å²) in [5, 5.41) is 0. The molecule has 2 N–H and O–H groups in total. The van der Waals surface area contributed by atoms with Gasteiger partial charge in [-0.2, -0.15) is 0 Å². The minimum Gasteiger partial charge on any atom is -0.326 e. The molecule has 0 aliphatic heterocycles. The summed E-state index contributed by atoms with van der Waals surface area (Å²) in [4.78, 5) is 0. The van der Waals surface area contributed by atoms with Crippen LogP contribution in [0.5, 0.6) is 0 Å². The molecule has 1 aromatic rings. The molecule has 0 aliphatic rings. The highest BCUT2D eigenvalue weighted by atomic mass is 35.5. The second-order valence-corrected chi connectivity index (χ2v) is 2.56. The molecule has 0 amide bonds. The second-order valence-electron chi connectivity index (χ2n) is 2.56. The van der Waals surface area contributed by atoms with E-state index in [1.165, 1.54) is 16.7 Å². The van der Waals surface area contributed by atoms with Gasteiger partial charge in [0.15, 0.2) is 0 Å². The van der Waals surface area contributed by atoms with Crippen molar-refractivity contribution in [3.05, 3.63) is 34.9 Å². The Balaban J connectivity index is 0.000001000. The van der Waals surface area contributed by atoms with Crippen molar-refractivity contribution in [1.82, 2.24) is 0 Å². The van der Waals surface area contributed by atoms with Crippen molar-refractivity contribution in [3.63, 3.8) is 0 Å². The summed E-state index contributed by atoms with van der Waals surface area (Å²) in [6.07, 6.45) is 0. The quantitative estimate of drug-likeness (QED) is 0.689. The molecular formula is C9H14ClN. The molecule has 1 rings (SSSR count). The van der Waals surface area contributed by atoms with Crippen LogP contribution in [-0.2, 0) is 6.54 Å². The number of nitrogens with two attached hydrogens (primary N) is 1. The number of rotatable bonds is 1. The molecule has 0 bridgehead atoms. The van der Waals surface area contributed by atoms with E-state index in [1.807, 2.05) is 6.07 Å². The van der Waals surface area contributed by atoms with Crippen LogP contribution in [0.15, 0.2) is 18.2 Å². The average molecular weight is 172 g/mol.